The highest BCUT2D eigenvalue weighted by Crippen LogP contribution is 2.36. The van der Waals surface area contributed by atoms with E-state index in [2.05, 4.69) is 20.5 Å². The van der Waals surface area contributed by atoms with E-state index in [9.17, 15) is 14.7 Å². The maximum atomic E-state index is 12.3. The first-order chi connectivity index (χ1) is 14.9. The molecular weight excluding hydrogens is 402 g/mol. The van der Waals surface area contributed by atoms with Gasteiger partial charge in [0.2, 0.25) is 11.8 Å². The molecular formula is C21H27N5O5. The molecule has 1 aliphatic heterocycles. The summed E-state index contributed by atoms with van der Waals surface area (Å²) < 4.78 is 10.6. The van der Waals surface area contributed by atoms with Crippen LogP contribution in [0, 0.1) is 0 Å². The van der Waals surface area contributed by atoms with E-state index in [4.69, 9.17) is 9.47 Å². The van der Waals surface area contributed by atoms with Crippen molar-refractivity contribution in [2.45, 2.75) is 56.8 Å². The Labute approximate surface area is 179 Å². The van der Waals surface area contributed by atoms with Crippen LogP contribution in [0.3, 0.4) is 0 Å². The number of pyridine rings is 1. The first-order valence-electron chi connectivity index (χ1n) is 10.4. The molecule has 10 heteroatoms. The van der Waals surface area contributed by atoms with Gasteiger partial charge in [0.1, 0.15) is 6.10 Å². The van der Waals surface area contributed by atoms with E-state index < -0.39 is 6.10 Å². The Bertz CT molecular complexity index is 930. The summed E-state index contributed by atoms with van der Waals surface area (Å²) >= 11 is 0. The standard InChI is InChI=1S/C21H27N5O5/c1-12-17(27)11-26(12)21(29)31-15-5-4-14(8-15)16-9-18(25-24-16)23-19(28)7-13-3-6-20(30-2)22-10-13/h3,6,9-10,12,14-15,17,27H,4-5,7-8,11H2,1-2H3,(H2,23,24,25,28)/t12-,14-,15+,17+/m0/s1. The van der Waals surface area contributed by atoms with Crippen LogP contribution >= 0.6 is 0 Å². The Morgan fingerprint density at radius 3 is 2.87 bits per heavy atom. The third-order valence-electron chi connectivity index (χ3n) is 6.00. The summed E-state index contributed by atoms with van der Waals surface area (Å²) in [6, 6.07) is 5.14. The molecule has 1 saturated carbocycles. The van der Waals surface area contributed by atoms with Gasteiger partial charge in [0.15, 0.2) is 5.82 Å². The zero-order valence-corrected chi connectivity index (χ0v) is 17.6. The molecule has 2 amide bonds. The monoisotopic (exact) mass is 429 g/mol. The number of nitrogens with one attached hydrogen (secondary N) is 2. The predicted octanol–water partition coefficient (Wildman–Crippen LogP) is 1.83. The van der Waals surface area contributed by atoms with E-state index >= 15 is 0 Å². The lowest BCUT2D eigenvalue weighted by Gasteiger charge is -2.42. The van der Waals surface area contributed by atoms with E-state index in [1.165, 1.54) is 0 Å². The average Bonchev–Trinajstić information content (AvgIpc) is 3.41. The summed E-state index contributed by atoms with van der Waals surface area (Å²) in [4.78, 5) is 30.1. The zero-order valence-electron chi connectivity index (χ0n) is 17.6. The minimum Gasteiger partial charge on any atom is -0.481 e. The minimum atomic E-state index is -0.469. The molecule has 1 aliphatic carbocycles. The number of likely N-dealkylation sites (tertiary alicyclic amines) is 1. The summed E-state index contributed by atoms with van der Waals surface area (Å²) in [6.45, 7) is 2.13. The molecule has 3 N–H and O–H groups in total. The molecule has 3 heterocycles. The fourth-order valence-electron chi connectivity index (χ4n) is 3.99. The number of aromatic amines is 1. The number of nitrogens with zero attached hydrogens (tertiary/aromatic N) is 3. The number of rotatable bonds is 6. The van der Waals surface area contributed by atoms with Crippen LogP contribution in [0.1, 0.15) is 43.4 Å². The molecule has 4 atom stereocenters. The Morgan fingerprint density at radius 2 is 2.19 bits per heavy atom. The van der Waals surface area contributed by atoms with Crippen LogP contribution in [0.15, 0.2) is 24.4 Å². The molecule has 0 spiro atoms. The van der Waals surface area contributed by atoms with Crippen molar-refractivity contribution in [3.05, 3.63) is 35.7 Å². The van der Waals surface area contributed by atoms with Crippen LogP contribution in [0.25, 0.3) is 0 Å². The molecule has 31 heavy (non-hydrogen) atoms. The van der Waals surface area contributed by atoms with Crippen molar-refractivity contribution in [2.24, 2.45) is 0 Å². The number of H-pyrrole nitrogens is 1. The van der Waals surface area contributed by atoms with Gasteiger partial charge in [-0.25, -0.2) is 9.78 Å². The number of carbonyl (C=O) groups excluding carboxylic acids is 2. The highest BCUT2D eigenvalue weighted by atomic mass is 16.6. The number of aliphatic hydroxyl groups is 1. The van der Waals surface area contributed by atoms with Crippen molar-refractivity contribution in [3.63, 3.8) is 0 Å². The van der Waals surface area contributed by atoms with E-state index in [0.717, 1.165) is 24.1 Å². The van der Waals surface area contributed by atoms with E-state index in [1.807, 2.05) is 6.07 Å². The third kappa shape index (κ3) is 4.79. The zero-order chi connectivity index (χ0) is 22.0. The second kappa shape index (κ2) is 8.93. The lowest BCUT2D eigenvalue weighted by molar-refractivity contribution is -0.115. The molecule has 1 saturated heterocycles. The molecule has 2 aromatic heterocycles. The molecule has 0 radical (unpaired) electrons. The van der Waals surface area contributed by atoms with Gasteiger partial charge in [-0.15, -0.1) is 0 Å². The minimum absolute atomic E-state index is 0.161. The molecule has 2 aliphatic rings. The maximum Gasteiger partial charge on any atom is 0.410 e. The van der Waals surface area contributed by atoms with Crippen molar-refractivity contribution >= 4 is 17.8 Å². The molecule has 10 nitrogen and oxygen atoms in total. The second-order valence-corrected chi connectivity index (χ2v) is 8.12. The quantitative estimate of drug-likeness (QED) is 0.639. The fourth-order valence-corrected chi connectivity index (χ4v) is 3.99. The van der Waals surface area contributed by atoms with Crippen molar-refractivity contribution < 1.29 is 24.2 Å². The first-order valence-corrected chi connectivity index (χ1v) is 10.4. The van der Waals surface area contributed by atoms with Gasteiger partial charge in [-0.2, -0.15) is 5.10 Å². The fraction of sp³-hybridized carbons (Fsp3) is 0.524. The summed E-state index contributed by atoms with van der Waals surface area (Å²) in [5.41, 5.74) is 1.69. The van der Waals surface area contributed by atoms with Gasteiger partial charge in [-0.3, -0.25) is 9.89 Å². The van der Waals surface area contributed by atoms with Gasteiger partial charge < -0.3 is 24.8 Å². The van der Waals surface area contributed by atoms with Gasteiger partial charge in [-0.05, 0) is 31.7 Å². The highest BCUT2D eigenvalue weighted by Gasteiger charge is 2.40. The number of carbonyl (C=O) groups is 2. The van der Waals surface area contributed by atoms with E-state index in [-0.39, 0.29) is 36.5 Å². The largest absolute Gasteiger partial charge is 0.481 e. The van der Waals surface area contributed by atoms with E-state index in [1.54, 1.807) is 37.3 Å². The number of hydrogen-bond donors (Lipinski definition) is 3. The third-order valence-corrected chi connectivity index (χ3v) is 6.00. The number of aromatic nitrogens is 3. The second-order valence-electron chi connectivity index (χ2n) is 8.12. The molecule has 4 rings (SSSR count). The van der Waals surface area contributed by atoms with Crippen LogP contribution in [0.5, 0.6) is 5.88 Å². The number of anilines is 1. The SMILES string of the molecule is COc1ccc(CC(=O)Nc2cc([C@H]3CC[C@@H](OC(=O)N4C[C@@H](O)[C@@H]4C)C3)[nH]n2)cn1. The molecule has 2 aromatic rings. The van der Waals surface area contributed by atoms with Crippen molar-refractivity contribution in [3.8, 4) is 5.88 Å². The Balaban J connectivity index is 1.25. The predicted molar refractivity (Wildman–Crippen MR) is 111 cm³/mol. The number of aliphatic hydroxyl groups excluding tert-OH is 1. The Hall–Kier alpha value is -3.14. The highest BCUT2D eigenvalue weighted by molar-refractivity contribution is 5.91. The topological polar surface area (TPSA) is 130 Å². The van der Waals surface area contributed by atoms with Gasteiger partial charge in [-0.1, -0.05) is 6.07 Å². The number of ether oxygens (including phenoxy) is 2. The van der Waals surface area contributed by atoms with Crippen LogP contribution in [0.2, 0.25) is 0 Å². The summed E-state index contributed by atoms with van der Waals surface area (Å²) in [5.74, 6) is 0.958. The number of amides is 2. The normalized spacial score (nSPS) is 25.1. The molecule has 2 fully saturated rings. The summed E-state index contributed by atoms with van der Waals surface area (Å²) in [6.07, 6.45) is 3.13. The molecule has 0 aromatic carbocycles. The van der Waals surface area contributed by atoms with Gasteiger partial charge in [0.25, 0.3) is 0 Å². The van der Waals surface area contributed by atoms with Gasteiger partial charge in [0, 0.05) is 29.9 Å². The van der Waals surface area contributed by atoms with Crippen molar-refractivity contribution in [1.29, 1.82) is 0 Å². The van der Waals surface area contributed by atoms with Crippen LogP contribution < -0.4 is 10.1 Å². The van der Waals surface area contributed by atoms with Crippen LogP contribution in [-0.4, -0.2) is 69.1 Å². The molecule has 0 unspecified atom stereocenters. The molecule has 0 bridgehead atoms. The number of β-amino-alcohol motifs (C(OH)–C–C–N with tert-alkyl or cyclic N) is 1. The van der Waals surface area contributed by atoms with E-state index in [0.29, 0.717) is 24.7 Å². The molecule has 166 valence electrons. The lowest BCUT2D eigenvalue weighted by atomic mass is 10.0. The number of methoxy groups -OCH3 is 1. The van der Waals surface area contributed by atoms with Crippen molar-refractivity contribution in [1.82, 2.24) is 20.1 Å². The number of hydrogen-bond acceptors (Lipinski definition) is 7. The van der Waals surface area contributed by atoms with Crippen LogP contribution in [-0.2, 0) is 16.0 Å². The van der Waals surface area contributed by atoms with Gasteiger partial charge >= 0.3 is 6.09 Å². The first kappa shape index (κ1) is 21.1. The smallest absolute Gasteiger partial charge is 0.410 e. The van der Waals surface area contributed by atoms with Crippen LogP contribution in [0.4, 0.5) is 10.6 Å². The Kier molecular flexibility index (Phi) is 6.08. The van der Waals surface area contributed by atoms with Gasteiger partial charge in [0.05, 0.1) is 32.2 Å². The average molecular weight is 429 g/mol. The summed E-state index contributed by atoms with van der Waals surface area (Å²) in [5, 5.41) is 19.5. The van der Waals surface area contributed by atoms with Crippen molar-refractivity contribution in [2.75, 3.05) is 19.0 Å². The lowest BCUT2D eigenvalue weighted by Crippen LogP contribution is -2.61. The maximum absolute atomic E-state index is 12.3. The Morgan fingerprint density at radius 1 is 1.35 bits per heavy atom. The summed E-state index contributed by atoms with van der Waals surface area (Å²) in [7, 11) is 1.54.